The van der Waals surface area contributed by atoms with Gasteiger partial charge in [0.2, 0.25) is 0 Å². The van der Waals surface area contributed by atoms with Crippen LogP contribution in [0.25, 0.3) is 0 Å². The number of methoxy groups -OCH3 is 1. The molecule has 1 heterocycles. The van der Waals surface area contributed by atoms with Gasteiger partial charge in [0.15, 0.2) is 0 Å². The largest absolute Gasteiger partial charge is 0.497 e. The van der Waals surface area contributed by atoms with E-state index in [-0.39, 0.29) is 12.3 Å². The molecule has 2 N–H and O–H groups in total. The van der Waals surface area contributed by atoms with Gasteiger partial charge in [-0.05, 0) is 37.5 Å². The third kappa shape index (κ3) is 3.76. The predicted molar refractivity (Wildman–Crippen MR) is 79.7 cm³/mol. The van der Waals surface area contributed by atoms with Crippen molar-refractivity contribution in [3.05, 3.63) is 29.8 Å². The Bertz CT molecular complexity index is 534. The highest BCUT2D eigenvalue weighted by Gasteiger charge is 2.38. The fourth-order valence-corrected chi connectivity index (χ4v) is 2.53. The number of carboxylic acid groups (broad SMARTS) is 1. The monoisotopic (exact) mass is 307 g/mol. The molecule has 1 aromatic carbocycles. The molecule has 1 aliphatic rings. The number of nitrogens with one attached hydrogen (secondary N) is 1. The highest BCUT2D eigenvalue weighted by molar-refractivity contribution is 5.86. The van der Waals surface area contributed by atoms with E-state index in [0.29, 0.717) is 18.8 Å². The van der Waals surface area contributed by atoms with Crippen LogP contribution in [-0.2, 0) is 14.3 Å². The van der Waals surface area contributed by atoms with Crippen LogP contribution in [0, 0.1) is 0 Å². The first-order chi connectivity index (χ1) is 10.4. The average Bonchev–Trinajstić information content (AvgIpc) is 2.94. The van der Waals surface area contributed by atoms with Crippen LogP contribution in [0.15, 0.2) is 24.3 Å². The van der Waals surface area contributed by atoms with E-state index in [4.69, 9.17) is 14.6 Å². The van der Waals surface area contributed by atoms with Gasteiger partial charge >= 0.3 is 5.97 Å². The first-order valence-electron chi connectivity index (χ1n) is 7.25. The number of hydrogen-bond donors (Lipinski definition) is 2. The molecule has 22 heavy (non-hydrogen) atoms. The van der Waals surface area contributed by atoms with Gasteiger partial charge < -0.3 is 19.9 Å². The van der Waals surface area contributed by atoms with Crippen LogP contribution < -0.4 is 10.1 Å². The maximum atomic E-state index is 12.4. The van der Waals surface area contributed by atoms with Gasteiger partial charge in [-0.1, -0.05) is 12.1 Å². The lowest BCUT2D eigenvalue weighted by Gasteiger charge is -2.26. The minimum Gasteiger partial charge on any atom is -0.497 e. The predicted octanol–water partition coefficient (Wildman–Crippen LogP) is 1.90. The molecule has 0 saturated carbocycles. The molecule has 0 aliphatic carbocycles. The third-order valence-corrected chi connectivity index (χ3v) is 3.90. The lowest BCUT2D eigenvalue weighted by molar-refractivity contribution is -0.141. The Kier molecular flexibility index (Phi) is 5.03. The van der Waals surface area contributed by atoms with E-state index >= 15 is 0 Å². The van der Waals surface area contributed by atoms with Crippen LogP contribution in [0.5, 0.6) is 5.75 Å². The molecule has 0 unspecified atom stereocenters. The molecular weight excluding hydrogens is 286 g/mol. The minimum absolute atomic E-state index is 0.186. The Morgan fingerprint density at radius 3 is 2.59 bits per heavy atom. The summed E-state index contributed by atoms with van der Waals surface area (Å²) in [5.41, 5.74) is -0.151. The zero-order chi connectivity index (χ0) is 16.2. The summed E-state index contributed by atoms with van der Waals surface area (Å²) in [6.07, 6.45) is 1.28. The molecule has 120 valence electrons. The highest BCUT2D eigenvalue weighted by Crippen LogP contribution is 2.27. The second-order valence-corrected chi connectivity index (χ2v) is 5.58. The number of carbonyl (C=O) groups excluding carboxylic acids is 1. The first kappa shape index (κ1) is 16.3. The number of rotatable bonds is 6. The number of hydrogen-bond acceptors (Lipinski definition) is 4. The van der Waals surface area contributed by atoms with Gasteiger partial charge in [-0.25, -0.2) is 0 Å². The Morgan fingerprint density at radius 2 is 2.09 bits per heavy atom. The van der Waals surface area contributed by atoms with Gasteiger partial charge in [0, 0.05) is 6.61 Å². The number of carboxylic acids is 1. The Hall–Kier alpha value is -2.08. The summed E-state index contributed by atoms with van der Waals surface area (Å²) in [5, 5.41) is 11.9. The Labute approximate surface area is 129 Å². The van der Waals surface area contributed by atoms with Crippen molar-refractivity contribution in [2.75, 3.05) is 13.7 Å². The van der Waals surface area contributed by atoms with E-state index in [1.807, 2.05) is 0 Å². The summed E-state index contributed by atoms with van der Waals surface area (Å²) in [4.78, 5) is 23.5. The average molecular weight is 307 g/mol. The van der Waals surface area contributed by atoms with E-state index in [1.165, 1.54) is 0 Å². The first-order valence-corrected chi connectivity index (χ1v) is 7.25. The number of carbonyl (C=O) groups is 2. The van der Waals surface area contributed by atoms with E-state index in [0.717, 1.165) is 12.0 Å². The quantitative estimate of drug-likeness (QED) is 0.838. The fourth-order valence-electron chi connectivity index (χ4n) is 2.53. The van der Waals surface area contributed by atoms with Gasteiger partial charge in [0.25, 0.3) is 5.91 Å². The van der Waals surface area contributed by atoms with Crippen molar-refractivity contribution in [1.82, 2.24) is 5.32 Å². The molecule has 2 rings (SSSR count). The molecule has 1 aromatic rings. The van der Waals surface area contributed by atoms with E-state index < -0.39 is 17.6 Å². The van der Waals surface area contributed by atoms with Crippen LogP contribution >= 0.6 is 0 Å². The van der Waals surface area contributed by atoms with Gasteiger partial charge in [0.05, 0.1) is 19.6 Å². The molecule has 1 saturated heterocycles. The molecule has 6 nitrogen and oxygen atoms in total. The van der Waals surface area contributed by atoms with Crippen molar-refractivity contribution < 1.29 is 24.2 Å². The van der Waals surface area contributed by atoms with Gasteiger partial charge in [-0.3, -0.25) is 9.59 Å². The van der Waals surface area contributed by atoms with E-state index in [2.05, 4.69) is 5.32 Å². The molecule has 1 fully saturated rings. The molecule has 6 heteroatoms. The van der Waals surface area contributed by atoms with Crippen LogP contribution in [0.2, 0.25) is 0 Å². The standard InChI is InChI=1S/C16H21NO5/c1-16(8-3-9-22-16)15(20)17-13(10-14(18)19)11-4-6-12(21-2)7-5-11/h4-7,13H,3,8-10H2,1-2H3,(H,17,20)(H,18,19)/t13-,16+/m0/s1. The zero-order valence-electron chi connectivity index (χ0n) is 12.8. The normalized spacial score (nSPS) is 22.1. The molecule has 1 aliphatic heterocycles. The molecule has 0 aromatic heterocycles. The van der Waals surface area contributed by atoms with Crippen LogP contribution in [0.1, 0.15) is 37.8 Å². The topological polar surface area (TPSA) is 84.9 Å². The molecule has 0 spiro atoms. The fraction of sp³-hybridized carbons (Fsp3) is 0.500. The second-order valence-electron chi connectivity index (χ2n) is 5.58. The van der Waals surface area contributed by atoms with E-state index in [1.54, 1.807) is 38.3 Å². The summed E-state index contributed by atoms with van der Waals surface area (Å²) in [6, 6.07) is 6.39. The number of benzene rings is 1. The zero-order valence-corrected chi connectivity index (χ0v) is 12.8. The summed E-state index contributed by atoms with van der Waals surface area (Å²) < 4.78 is 10.6. The smallest absolute Gasteiger partial charge is 0.305 e. The molecule has 1 amide bonds. The van der Waals surface area contributed by atoms with Crippen molar-refractivity contribution in [3.63, 3.8) is 0 Å². The van der Waals surface area contributed by atoms with Crippen LogP contribution in [0.4, 0.5) is 0 Å². The summed E-state index contributed by atoms with van der Waals surface area (Å²) in [6.45, 7) is 2.29. The third-order valence-electron chi connectivity index (χ3n) is 3.90. The second kappa shape index (κ2) is 6.79. The number of ether oxygens (including phenoxy) is 2. The van der Waals surface area contributed by atoms with Crippen molar-refractivity contribution in [2.24, 2.45) is 0 Å². The minimum atomic E-state index is -0.974. The molecule has 0 radical (unpaired) electrons. The summed E-state index contributed by atoms with van der Waals surface area (Å²) >= 11 is 0. The van der Waals surface area contributed by atoms with Crippen molar-refractivity contribution >= 4 is 11.9 Å². The SMILES string of the molecule is COc1ccc([C@H](CC(=O)O)NC(=O)[C@@]2(C)CCCO2)cc1. The Morgan fingerprint density at radius 1 is 1.41 bits per heavy atom. The van der Waals surface area contributed by atoms with Crippen molar-refractivity contribution in [1.29, 1.82) is 0 Å². The summed E-state index contributed by atoms with van der Waals surface area (Å²) in [5.74, 6) is -0.569. The number of aliphatic carboxylic acids is 1. The summed E-state index contributed by atoms with van der Waals surface area (Å²) in [7, 11) is 1.56. The van der Waals surface area contributed by atoms with Gasteiger partial charge in [0.1, 0.15) is 11.4 Å². The van der Waals surface area contributed by atoms with Gasteiger partial charge in [-0.15, -0.1) is 0 Å². The number of amides is 1. The lowest BCUT2D eigenvalue weighted by atomic mass is 9.98. The van der Waals surface area contributed by atoms with Crippen molar-refractivity contribution in [2.45, 2.75) is 37.8 Å². The molecular formula is C16H21NO5. The van der Waals surface area contributed by atoms with Crippen molar-refractivity contribution in [3.8, 4) is 5.75 Å². The van der Waals surface area contributed by atoms with Crippen LogP contribution in [0.3, 0.4) is 0 Å². The lowest BCUT2D eigenvalue weighted by Crippen LogP contribution is -2.45. The maximum absolute atomic E-state index is 12.4. The van der Waals surface area contributed by atoms with Crippen LogP contribution in [-0.4, -0.2) is 36.3 Å². The highest BCUT2D eigenvalue weighted by atomic mass is 16.5. The molecule has 0 bridgehead atoms. The van der Waals surface area contributed by atoms with E-state index in [9.17, 15) is 9.59 Å². The Balaban J connectivity index is 2.14. The molecule has 2 atom stereocenters. The maximum Gasteiger partial charge on any atom is 0.305 e. The van der Waals surface area contributed by atoms with Gasteiger partial charge in [-0.2, -0.15) is 0 Å².